The van der Waals surface area contributed by atoms with Gasteiger partial charge in [0.2, 0.25) is 0 Å². The SMILES string of the molecule is CC1C(C)C2C1CN(C(C)C)CCN2CCO. The molecule has 0 aromatic carbocycles. The van der Waals surface area contributed by atoms with Crippen molar-refractivity contribution >= 4 is 0 Å². The maximum absolute atomic E-state index is 9.21. The molecule has 100 valence electrons. The summed E-state index contributed by atoms with van der Waals surface area (Å²) in [5, 5.41) is 9.21. The summed E-state index contributed by atoms with van der Waals surface area (Å²) in [4.78, 5) is 5.13. The minimum absolute atomic E-state index is 0.298. The monoisotopic (exact) mass is 240 g/mol. The van der Waals surface area contributed by atoms with Crippen LogP contribution in [-0.4, -0.2) is 59.8 Å². The van der Waals surface area contributed by atoms with Crippen molar-refractivity contribution in [3.8, 4) is 0 Å². The molecule has 3 heteroatoms. The molecule has 0 bridgehead atoms. The van der Waals surface area contributed by atoms with Crippen LogP contribution in [0.15, 0.2) is 0 Å². The third-order valence-corrected chi connectivity index (χ3v) is 5.14. The van der Waals surface area contributed by atoms with Gasteiger partial charge in [-0.2, -0.15) is 0 Å². The van der Waals surface area contributed by atoms with E-state index in [-0.39, 0.29) is 0 Å². The lowest BCUT2D eigenvalue weighted by molar-refractivity contribution is -0.0452. The van der Waals surface area contributed by atoms with Crippen LogP contribution in [0.3, 0.4) is 0 Å². The molecule has 0 aromatic heterocycles. The number of hydrogen-bond acceptors (Lipinski definition) is 3. The number of hydrogen-bond donors (Lipinski definition) is 1. The molecule has 1 aliphatic heterocycles. The maximum Gasteiger partial charge on any atom is 0.0558 e. The summed E-state index contributed by atoms with van der Waals surface area (Å²) in [7, 11) is 0. The summed E-state index contributed by atoms with van der Waals surface area (Å²) < 4.78 is 0. The van der Waals surface area contributed by atoms with Crippen molar-refractivity contribution < 1.29 is 5.11 Å². The molecular weight excluding hydrogens is 212 g/mol. The van der Waals surface area contributed by atoms with Crippen LogP contribution in [0.1, 0.15) is 27.7 Å². The fourth-order valence-electron chi connectivity index (χ4n) is 3.76. The van der Waals surface area contributed by atoms with Gasteiger partial charge in [0.25, 0.3) is 0 Å². The van der Waals surface area contributed by atoms with E-state index in [9.17, 15) is 5.11 Å². The molecule has 0 aromatic rings. The molecule has 4 unspecified atom stereocenters. The molecule has 0 radical (unpaired) electrons. The first kappa shape index (κ1) is 13.3. The molecule has 1 saturated carbocycles. The van der Waals surface area contributed by atoms with E-state index in [1.54, 1.807) is 0 Å². The number of aliphatic hydroxyl groups excluding tert-OH is 1. The Morgan fingerprint density at radius 2 is 1.88 bits per heavy atom. The van der Waals surface area contributed by atoms with Gasteiger partial charge in [0.05, 0.1) is 6.61 Å². The largest absolute Gasteiger partial charge is 0.395 e. The van der Waals surface area contributed by atoms with Gasteiger partial charge in [0.1, 0.15) is 0 Å². The minimum Gasteiger partial charge on any atom is -0.395 e. The first-order valence-corrected chi connectivity index (χ1v) is 7.15. The minimum atomic E-state index is 0.298. The van der Waals surface area contributed by atoms with Crippen molar-refractivity contribution in [3.63, 3.8) is 0 Å². The number of β-amino-alcohol motifs (C(OH)–C–C–N with tert-alkyl or cyclic N) is 1. The Kier molecular flexibility index (Phi) is 4.11. The molecule has 1 N–H and O–H groups in total. The van der Waals surface area contributed by atoms with Crippen LogP contribution in [0.2, 0.25) is 0 Å². The van der Waals surface area contributed by atoms with E-state index in [1.165, 1.54) is 6.54 Å². The van der Waals surface area contributed by atoms with Crippen molar-refractivity contribution in [2.24, 2.45) is 17.8 Å². The molecule has 2 rings (SSSR count). The van der Waals surface area contributed by atoms with Gasteiger partial charge >= 0.3 is 0 Å². The van der Waals surface area contributed by atoms with E-state index in [0.717, 1.165) is 37.4 Å². The summed E-state index contributed by atoms with van der Waals surface area (Å²) in [6, 6.07) is 1.36. The highest BCUT2D eigenvalue weighted by molar-refractivity contribution is 5.02. The van der Waals surface area contributed by atoms with Crippen molar-refractivity contribution in [1.29, 1.82) is 0 Å². The van der Waals surface area contributed by atoms with E-state index in [0.29, 0.717) is 18.7 Å². The van der Waals surface area contributed by atoms with Gasteiger partial charge in [-0.05, 0) is 31.6 Å². The van der Waals surface area contributed by atoms with Gasteiger partial charge in [0, 0.05) is 38.3 Å². The molecule has 1 aliphatic carbocycles. The highest BCUT2D eigenvalue weighted by Gasteiger charge is 2.49. The Balaban J connectivity index is 2.08. The summed E-state index contributed by atoms with van der Waals surface area (Å²) in [6.07, 6.45) is 0. The number of rotatable bonds is 3. The van der Waals surface area contributed by atoms with Crippen molar-refractivity contribution in [1.82, 2.24) is 9.80 Å². The van der Waals surface area contributed by atoms with Crippen molar-refractivity contribution in [2.45, 2.75) is 39.8 Å². The Hall–Kier alpha value is -0.120. The van der Waals surface area contributed by atoms with Gasteiger partial charge in [-0.25, -0.2) is 0 Å². The average Bonchev–Trinajstić information content (AvgIpc) is 2.47. The molecule has 1 heterocycles. The molecule has 3 nitrogen and oxygen atoms in total. The Bertz CT molecular complexity index is 257. The van der Waals surface area contributed by atoms with Crippen LogP contribution in [0.25, 0.3) is 0 Å². The van der Waals surface area contributed by atoms with Crippen LogP contribution in [-0.2, 0) is 0 Å². The normalized spacial score (nSPS) is 39.9. The van der Waals surface area contributed by atoms with Crippen LogP contribution in [0.5, 0.6) is 0 Å². The van der Waals surface area contributed by atoms with E-state index in [1.807, 2.05) is 0 Å². The highest BCUT2D eigenvalue weighted by Crippen LogP contribution is 2.44. The zero-order chi connectivity index (χ0) is 12.6. The van der Waals surface area contributed by atoms with E-state index < -0.39 is 0 Å². The number of nitrogens with zero attached hydrogens (tertiary/aromatic N) is 2. The van der Waals surface area contributed by atoms with Crippen LogP contribution in [0, 0.1) is 17.8 Å². The lowest BCUT2D eigenvalue weighted by Gasteiger charge is -2.53. The highest BCUT2D eigenvalue weighted by atomic mass is 16.3. The number of aliphatic hydroxyl groups is 1. The second-order valence-corrected chi connectivity index (χ2v) is 6.22. The third kappa shape index (κ3) is 2.38. The van der Waals surface area contributed by atoms with Gasteiger partial charge in [-0.15, -0.1) is 0 Å². The molecular formula is C14H28N2O. The average molecular weight is 240 g/mol. The first-order valence-electron chi connectivity index (χ1n) is 7.15. The predicted molar refractivity (Wildman–Crippen MR) is 71.0 cm³/mol. The van der Waals surface area contributed by atoms with Crippen LogP contribution < -0.4 is 0 Å². The van der Waals surface area contributed by atoms with Crippen molar-refractivity contribution in [3.05, 3.63) is 0 Å². The predicted octanol–water partition coefficient (Wildman–Crippen LogP) is 1.28. The third-order valence-electron chi connectivity index (χ3n) is 5.14. The van der Waals surface area contributed by atoms with Gasteiger partial charge in [-0.1, -0.05) is 13.8 Å². The second-order valence-electron chi connectivity index (χ2n) is 6.22. The summed E-state index contributed by atoms with van der Waals surface area (Å²) >= 11 is 0. The van der Waals surface area contributed by atoms with E-state index >= 15 is 0 Å². The summed E-state index contributed by atoms with van der Waals surface area (Å²) in [6.45, 7) is 14.0. The molecule has 2 fully saturated rings. The maximum atomic E-state index is 9.21. The topological polar surface area (TPSA) is 26.7 Å². The summed E-state index contributed by atoms with van der Waals surface area (Å²) in [5.74, 6) is 2.43. The van der Waals surface area contributed by atoms with Gasteiger partial charge in [-0.3, -0.25) is 9.80 Å². The Morgan fingerprint density at radius 3 is 2.47 bits per heavy atom. The first-order chi connectivity index (χ1) is 8.06. The molecule has 0 amide bonds. The molecule has 1 saturated heterocycles. The van der Waals surface area contributed by atoms with Gasteiger partial charge in [0.15, 0.2) is 0 Å². The zero-order valence-corrected chi connectivity index (χ0v) is 11.8. The van der Waals surface area contributed by atoms with E-state index in [2.05, 4.69) is 37.5 Å². The smallest absolute Gasteiger partial charge is 0.0558 e. The Labute approximate surface area is 106 Å². The number of fused-ring (bicyclic) bond motifs is 1. The summed E-state index contributed by atoms with van der Waals surface area (Å²) in [5.41, 5.74) is 0. The second kappa shape index (κ2) is 5.25. The zero-order valence-electron chi connectivity index (χ0n) is 11.8. The lowest BCUT2D eigenvalue weighted by atomic mass is 9.61. The van der Waals surface area contributed by atoms with Crippen LogP contribution in [0.4, 0.5) is 0 Å². The van der Waals surface area contributed by atoms with Crippen LogP contribution >= 0.6 is 0 Å². The Morgan fingerprint density at radius 1 is 1.18 bits per heavy atom. The van der Waals surface area contributed by atoms with Crippen molar-refractivity contribution in [2.75, 3.05) is 32.8 Å². The quantitative estimate of drug-likeness (QED) is 0.805. The van der Waals surface area contributed by atoms with Gasteiger partial charge < -0.3 is 5.11 Å². The molecule has 0 spiro atoms. The molecule has 17 heavy (non-hydrogen) atoms. The molecule has 4 atom stereocenters. The standard InChI is InChI=1S/C14H28N2O/c1-10(2)16-6-5-15(7-8-17)14-12(4)11(3)13(14)9-16/h10-14,17H,5-9H2,1-4H3. The molecule has 2 aliphatic rings. The fraction of sp³-hybridized carbons (Fsp3) is 1.00. The fourth-order valence-corrected chi connectivity index (χ4v) is 3.76. The lowest BCUT2D eigenvalue weighted by Crippen LogP contribution is -2.59. The van der Waals surface area contributed by atoms with E-state index in [4.69, 9.17) is 0 Å².